The highest BCUT2D eigenvalue weighted by atomic mass is 16.3. The monoisotopic (exact) mass is 221 g/mol. The third-order valence-corrected chi connectivity index (χ3v) is 2.65. The molecule has 0 saturated heterocycles. The Kier molecular flexibility index (Phi) is 5.15. The molecule has 3 heteroatoms. The van der Waals surface area contributed by atoms with E-state index in [2.05, 4.69) is 0 Å². The first-order chi connectivity index (χ1) is 7.67. The molecule has 0 bridgehead atoms. The number of nitrogens with two attached hydrogens (primary N) is 1. The smallest absolute Gasteiger partial charge is 0.161 e. The topological polar surface area (TPSA) is 63.3 Å². The summed E-state index contributed by atoms with van der Waals surface area (Å²) in [4.78, 5) is 11.4. The number of hydrogen-bond acceptors (Lipinski definition) is 3. The van der Waals surface area contributed by atoms with E-state index >= 15 is 0 Å². The maximum Gasteiger partial charge on any atom is 0.161 e. The lowest BCUT2D eigenvalue weighted by molar-refractivity contribution is -0.127. The van der Waals surface area contributed by atoms with Crippen molar-refractivity contribution in [3.63, 3.8) is 0 Å². The molecule has 0 aromatic heterocycles. The van der Waals surface area contributed by atoms with Crippen LogP contribution in [0, 0.1) is 0 Å². The standard InChI is InChI=1S/C13H19NO2/c1-2-12(15)13(16)7-6-10-4-3-5-11(8-10)9-14/h3-5,8,12,15H,2,6-7,9,14H2,1H3. The molecule has 16 heavy (non-hydrogen) atoms. The van der Waals surface area contributed by atoms with E-state index < -0.39 is 6.10 Å². The highest BCUT2D eigenvalue weighted by Crippen LogP contribution is 2.08. The summed E-state index contributed by atoms with van der Waals surface area (Å²) < 4.78 is 0. The third kappa shape index (κ3) is 3.76. The van der Waals surface area contributed by atoms with Gasteiger partial charge in [0.2, 0.25) is 0 Å². The molecule has 0 aliphatic rings. The van der Waals surface area contributed by atoms with Crippen molar-refractivity contribution in [2.75, 3.05) is 0 Å². The molecule has 1 rings (SSSR count). The molecule has 0 radical (unpaired) electrons. The molecule has 0 saturated carbocycles. The number of aryl methyl sites for hydroxylation is 1. The second-order valence-electron chi connectivity index (χ2n) is 3.91. The Labute approximate surface area is 96.3 Å². The molecular formula is C13H19NO2. The Balaban J connectivity index is 2.51. The van der Waals surface area contributed by atoms with Crippen molar-refractivity contribution in [3.05, 3.63) is 35.4 Å². The van der Waals surface area contributed by atoms with Crippen LogP contribution >= 0.6 is 0 Å². The number of carbonyl (C=O) groups is 1. The molecule has 3 N–H and O–H groups in total. The van der Waals surface area contributed by atoms with Gasteiger partial charge in [-0.2, -0.15) is 0 Å². The zero-order valence-electron chi connectivity index (χ0n) is 9.65. The maximum absolute atomic E-state index is 11.4. The first kappa shape index (κ1) is 12.9. The number of carbonyl (C=O) groups excluding carboxylic acids is 1. The number of hydrogen-bond donors (Lipinski definition) is 2. The van der Waals surface area contributed by atoms with Gasteiger partial charge in [0.05, 0.1) is 0 Å². The van der Waals surface area contributed by atoms with Crippen LogP contribution in [0.25, 0.3) is 0 Å². The lowest BCUT2D eigenvalue weighted by atomic mass is 10.0. The predicted molar refractivity (Wildman–Crippen MR) is 64.0 cm³/mol. The summed E-state index contributed by atoms with van der Waals surface area (Å²) in [5, 5.41) is 9.34. The highest BCUT2D eigenvalue weighted by Gasteiger charge is 2.11. The van der Waals surface area contributed by atoms with Gasteiger partial charge in [-0.05, 0) is 24.0 Å². The molecule has 1 aromatic carbocycles. The van der Waals surface area contributed by atoms with E-state index in [1.807, 2.05) is 24.3 Å². The first-order valence-corrected chi connectivity index (χ1v) is 5.66. The van der Waals surface area contributed by atoms with Gasteiger partial charge in [0.25, 0.3) is 0 Å². The van der Waals surface area contributed by atoms with Crippen LogP contribution < -0.4 is 5.73 Å². The van der Waals surface area contributed by atoms with Gasteiger partial charge in [-0.3, -0.25) is 4.79 Å². The fourth-order valence-corrected chi connectivity index (χ4v) is 1.57. The molecule has 0 aliphatic carbocycles. The highest BCUT2D eigenvalue weighted by molar-refractivity contribution is 5.82. The van der Waals surface area contributed by atoms with Crippen LogP contribution in [0.15, 0.2) is 24.3 Å². The lowest BCUT2D eigenvalue weighted by Gasteiger charge is -2.07. The van der Waals surface area contributed by atoms with Gasteiger partial charge < -0.3 is 10.8 Å². The molecule has 0 aliphatic heterocycles. The molecular weight excluding hydrogens is 202 g/mol. The molecule has 3 nitrogen and oxygen atoms in total. The molecule has 88 valence electrons. The van der Waals surface area contributed by atoms with Crippen molar-refractivity contribution < 1.29 is 9.90 Å². The van der Waals surface area contributed by atoms with Crippen LogP contribution in [0.2, 0.25) is 0 Å². The van der Waals surface area contributed by atoms with Crippen molar-refractivity contribution in [2.24, 2.45) is 5.73 Å². The largest absolute Gasteiger partial charge is 0.385 e. The van der Waals surface area contributed by atoms with E-state index in [0.29, 0.717) is 25.8 Å². The summed E-state index contributed by atoms with van der Waals surface area (Å²) in [5.41, 5.74) is 7.70. The van der Waals surface area contributed by atoms with E-state index in [-0.39, 0.29) is 5.78 Å². The Morgan fingerprint density at radius 1 is 1.44 bits per heavy atom. The molecule has 0 heterocycles. The number of Topliss-reactive ketones (excluding diaryl/α,β-unsaturated/α-hetero) is 1. The zero-order valence-corrected chi connectivity index (χ0v) is 9.65. The minimum absolute atomic E-state index is 0.0827. The normalized spacial score (nSPS) is 12.4. The Hall–Kier alpha value is -1.19. The van der Waals surface area contributed by atoms with Gasteiger partial charge in [0, 0.05) is 13.0 Å². The van der Waals surface area contributed by atoms with Crippen molar-refractivity contribution in [2.45, 2.75) is 38.8 Å². The van der Waals surface area contributed by atoms with Crippen molar-refractivity contribution in [3.8, 4) is 0 Å². The average molecular weight is 221 g/mol. The number of aliphatic hydroxyl groups excluding tert-OH is 1. The summed E-state index contributed by atoms with van der Waals surface area (Å²) in [6, 6.07) is 7.89. The van der Waals surface area contributed by atoms with E-state index in [9.17, 15) is 9.90 Å². The van der Waals surface area contributed by atoms with Crippen LogP contribution in [0.3, 0.4) is 0 Å². The van der Waals surface area contributed by atoms with E-state index in [1.54, 1.807) is 6.92 Å². The molecule has 0 fully saturated rings. The van der Waals surface area contributed by atoms with E-state index in [1.165, 1.54) is 0 Å². The molecule has 1 atom stereocenters. The van der Waals surface area contributed by atoms with Crippen LogP contribution in [-0.2, 0) is 17.8 Å². The second-order valence-corrected chi connectivity index (χ2v) is 3.91. The SMILES string of the molecule is CCC(O)C(=O)CCc1cccc(CN)c1. The molecule has 0 amide bonds. The zero-order chi connectivity index (χ0) is 12.0. The van der Waals surface area contributed by atoms with Crippen LogP contribution in [0.4, 0.5) is 0 Å². The summed E-state index contributed by atoms with van der Waals surface area (Å²) >= 11 is 0. The first-order valence-electron chi connectivity index (χ1n) is 5.66. The van der Waals surface area contributed by atoms with Gasteiger partial charge in [0.15, 0.2) is 5.78 Å². The Morgan fingerprint density at radius 2 is 2.12 bits per heavy atom. The Bertz CT molecular complexity index is 350. The average Bonchev–Trinajstić information content (AvgIpc) is 2.35. The minimum Gasteiger partial charge on any atom is -0.385 e. The van der Waals surface area contributed by atoms with Crippen LogP contribution in [-0.4, -0.2) is 17.0 Å². The number of benzene rings is 1. The van der Waals surface area contributed by atoms with Gasteiger partial charge in [0.1, 0.15) is 6.10 Å². The fourth-order valence-electron chi connectivity index (χ4n) is 1.57. The third-order valence-electron chi connectivity index (χ3n) is 2.65. The van der Waals surface area contributed by atoms with Crippen LogP contribution in [0.1, 0.15) is 30.9 Å². The van der Waals surface area contributed by atoms with E-state index in [4.69, 9.17) is 5.73 Å². The molecule has 1 aromatic rings. The molecule has 1 unspecified atom stereocenters. The summed E-state index contributed by atoms with van der Waals surface area (Å²) in [6.07, 6.45) is 0.742. The lowest BCUT2D eigenvalue weighted by Crippen LogP contribution is -2.19. The summed E-state index contributed by atoms with van der Waals surface area (Å²) in [7, 11) is 0. The summed E-state index contributed by atoms with van der Waals surface area (Å²) in [5.74, 6) is -0.0827. The van der Waals surface area contributed by atoms with Gasteiger partial charge in [-0.1, -0.05) is 31.2 Å². The number of ketones is 1. The van der Waals surface area contributed by atoms with Crippen molar-refractivity contribution in [1.82, 2.24) is 0 Å². The predicted octanol–water partition coefficient (Wildman–Crippen LogP) is 1.42. The van der Waals surface area contributed by atoms with Gasteiger partial charge >= 0.3 is 0 Å². The molecule has 0 spiro atoms. The van der Waals surface area contributed by atoms with E-state index in [0.717, 1.165) is 11.1 Å². The Morgan fingerprint density at radius 3 is 2.75 bits per heavy atom. The maximum atomic E-state index is 11.4. The number of aliphatic hydroxyl groups is 1. The van der Waals surface area contributed by atoms with Crippen molar-refractivity contribution in [1.29, 1.82) is 0 Å². The second kappa shape index (κ2) is 6.40. The van der Waals surface area contributed by atoms with Crippen LogP contribution in [0.5, 0.6) is 0 Å². The summed E-state index contributed by atoms with van der Waals surface area (Å²) in [6.45, 7) is 2.32. The van der Waals surface area contributed by atoms with Gasteiger partial charge in [-0.25, -0.2) is 0 Å². The fraction of sp³-hybridized carbons (Fsp3) is 0.462. The van der Waals surface area contributed by atoms with Gasteiger partial charge in [-0.15, -0.1) is 0 Å². The minimum atomic E-state index is -0.808. The number of rotatable bonds is 6. The van der Waals surface area contributed by atoms with Crippen molar-refractivity contribution >= 4 is 5.78 Å². The quantitative estimate of drug-likeness (QED) is 0.763.